The number of hydrogen-bond donors (Lipinski definition) is 3. The van der Waals surface area contributed by atoms with Crippen LogP contribution in [0.25, 0.3) is 22.4 Å². The van der Waals surface area contributed by atoms with Gasteiger partial charge in [-0.1, -0.05) is 12.1 Å². The van der Waals surface area contributed by atoms with Crippen molar-refractivity contribution in [3.8, 4) is 11.4 Å². The number of anilines is 2. The molecule has 0 spiro atoms. The van der Waals surface area contributed by atoms with Crippen LogP contribution in [0, 0.1) is 5.82 Å². The van der Waals surface area contributed by atoms with E-state index in [2.05, 4.69) is 20.6 Å². The van der Waals surface area contributed by atoms with Crippen molar-refractivity contribution in [2.24, 2.45) is 0 Å². The number of fused-ring (bicyclic) bond motifs is 2. The van der Waals surface area contributed by atoms with Crippen molar-refractivity contribution in [2.75, 3.05) is 10.6 Å². The Hall–Kier alpha value is -3.65. The smallest absolute Gasteiger partial charge is 0.238 e. The average Bonchev–Trinajstić information content (AvgIpc) is 3.18. The van der Waals surface area contributed by atoms with Gasteiger partial charge in [-0.2, -0.15) is 0 Å². The Labute approximate surface area is 181 Å². The Kier molecular flexibility index (Phi) is 4.91. The van der Waals surface area contributed by atoms with Crippen LogP contribution in [-0.4, -0.2) is 27.0 Å². The first-order valence-corrected chi connectivity index (χ1v) is 10.6. The lowest BCUT2D eigenvalue weighted by atomic mass is 10.2. The Morgan fingerprint density at radius 3 is 2.74 bits per heavy atom. The lowest BCUT2D eigenvalue weighted by Gasteiger charge is -2.23. The molecule has 6 nitrogen and oxygen atoms in total. The molecular weight excluding hydrogens is 415 g/mol. The molecule has 0 saturated heterocycles. The molecule has 31 heavy (non-hydrogen) atoms. The minimum absolute atomic E-state index is 0.0622. The first-order valence-electron chi connectivity index (χ1n) is 9.67. The van der Waals surface area contributed by atoms with Gasteiger partial charge in [-0.3, -0.25) is 9.59 Å². The van der Waals surface area contributed by atoms with E-state index in [0.29, 0.717) is 11.5 Å². The van der Waals surface area contributed by atoms with Crippen LogP contribution in [0.2, 0.25) is 0 Å². The fraction of sp³-hybridized carbons (Fsp3) is 0.0870. The normalized spacial score (nSPS) is 15.4. The second-order valence-corrected chi connectivity index (χ2v) is 8.41. The van der Waals surface area contributed by atoms with Gasteiger partial charge in [-0.05, 0) is 54.6 Å². The van der Waals surface area contributed by atoms with Crippen LogP contribution in [0.1, 0.15) is 6.42 Å². The molecule has 0 bridgehead atoms. The number of para-hydroxylation sites is 1. The molecule has 1 unspecified atom stereocenters. The van der Waals surface area contributed by atoms with Crippen molar-refractivity contribution >= 4 is 46.0 Å². The third kappa shape index (κ3) is 4.02. The van der Waals surface area contributed by atoms with Crippen LogP contribution in [0.4, 0.5) is 15.8 Å². The number of amides is 2. The zero-order chi connectivity index (χ0) is 21.4. The monoisotopic (exact) mass is 432 g/mol. The van der Waals surface area contributed by atoms with Crippen molar-refractivity contribution in [1.82, 2.24) is 9.97 Å². The summed E-state index contributed by atoms with van der Waals surface area (Å²) < 4.78 is 13.1. The molecule has 0 saturated carbocycles. The molecule has 5 rings (SSSR count). The molecule has 1 aliphatic rings. The molecule has 0 radical (unpaired) electrons. The number of carbonyl (C=O) groups is 2. The van der Waals surface area contributed by atoms with Crippen molar-refractivity contribution in [2.45, 2.75) is 16.6 Å². The quantitative estimate of drug-likeness (QED) is 0.432. The number of nitrogens with zero attached hydrogens (tertiary/aromatic N) is 1. The van der Waals surface area contributed by atoms with E-state index >= 15 is 0 Å². The van der Waals surface area contributed by atoms with Crippen LogP contribution >= 0.6 is 11.8 Å². The van der Waals surface area contributed by atoms with Crippen LogP contribution in [0.3, 0.4) is 0 Å². The highest BCUT2D eigenvalue weighted by Crippen LogP contribution is 2.36. The third-order valence-electron chi connectivity index (χ3n) is 4.96. The second kappa shape index (κ2) is 7.88. The fourth-order valence-corrected chi connectivity index (χ4v) is 4.55. The number of aromatic nitrogens is 2. The Bertz CT molecular complexity index is 1300. The van der Waals surface area contributed by atoms with Crippen LogP contribution in [0.5, 0.6) is 0 Å². The summed E-state index contributed by atoms with van der Waals surface area (Å²) in [7, 11) is 0. The molecule has 0 fully saturated rings. The molecule has 154 valence electrons. The maximum Gasteiger partial charge on any atom is 0.238 e. The molecular formula is C23H17FN4O2S. The summed E-state index contributed by atoms with van der Waals surface area (Å²) in [6, 6.07) is 19.0. The van der Waals surface area contributed by atoms with Gasteiger partial charge >= 0.3 is 0 Å². The summed E-state index contributed by atoms with van der Waals surface area (Å²) in [4.78, 5) is 33.5. The summed E-state index contributed by atoms with van der Waals surface area (Å²) >= 11 is 1.39. The molecule has 3 aromatic carbocycles. The number of hydrogen-bond acceptors (Lipinski definition) is 4. The van der Waals surface area contributed by atoms with Gasteiger partial charge in [-0.15, -0.1) is 11.8 Å². The lowest BCUT2D eigenvalue weighted by Crippen LogP contribution is -2.32. The maximum atomic E-state index is 13.1. The molecule has 1 atom stereocenters. The summed E-state index contributed by atoms with van der Waals surface area (Å²) in [6.45, 7) is 0. The topological polar surface area (TPSA) is 86.9 Å². The summed E-state index contributed by atoms with van der Waals surface area (Å²) in [5.74, 6) is -0.109. The molecule has 1 aromatic heterocycles. The van der Waals surface area contributed by atoms with E-state index in [1.165, 1.54) is 23.9 Å². The number of halogens is 1. The van der Waals surface area contributed by atoms with E-state index < -0.39 is 5.25 Å². The van der Waals surface area contributed by atoms with E-state index in [1.807, 2.05) is 24.3 Å². The van der Waals surface area contributed by atoms with Crippen LogP contribution in [-0.2, 0) is 9.59 Å². The lowest BCUT2D eigenvalue weighted by molar-refractivity contribution is -0.120. The molecule has 1 aliphatic heterocycles. The predicted octanol–water partition coefficient (Wildman–Crippen LogP) is 4.81. The summed E-state index contributed by atoms with van der Waals surface area (Å²) in [5.41, 5.74) is 3.63. The predicted molar refractivity (Wildman–Crippen MR) is 119 cm³/mol. The van der Waals surface area contributed by atoms with Crippen LogP contribution in [0.15, 0.2) is 71.6 Å². The van der Waals surface area contributed by atoms with E-state index in [1.54, 1.807) is 30.3 Å². The van der Waals surface area contributed by atoms with Crippen LogP contribution < -0.4 is 10.6 Å². The van der Waals surface area contributed by atoms with E-state index in [0.717, 1.165) is 27.2 Å². The zero-order valence-electron chi connectivity index (χ0n) is 16.2. The number of nitrogens with one attached hydrogen (secondary N) is 3. The Morgan fingerprint density at radius 1 is 1.10 bits per heavy atom. The Balaban J connectivity index is 1.29. The zero-order valence-corrected chi connectivity index (χ0v) is 17.0. The first-order chi connectivity index (χ1) is 15.0. The highest BCUT2D eigenvalue weighted by Gasteiger charge is 2.28. The second-order valence-electron chi connectivity index (χ2n) is 7.17. The minimum atomic E-state index is -0.490. The van der Waals surface area contributed by atoms with E-state index in [9.17, 15) is 14.0 Å². The molecule has 2 heterocycles. The number of aromatic amines is 1. The summed E-state index contributed by atoms with van der Waals surface area (Å²) in [5, 5.41) is 5.21. The standard InChI is InChI=1S/C23H17FN4O2S/c24-14-7-5-13(6-8-14)22-26-16-10-9-15(11-18(16)27-22)25-21(29)12-20-23(30)28-17-3-1-2-4-19(17)31-20/h1-11,20H,12H2,(H,25,29)(H,26,27)(H,28,30). The van der Waals surface area contributed by atoms with Gasteiger partial charge in [0.05, 0.1) is 22.0 Å². The molecule has 2 amide bonds. The molecule has 3 N–H and O–H groups in total. The van der Waals surface area contributed by atoms with Gasteiger partial charge in [0.15, 0.2) is 0 Å². The third-order valence-corrected chi connectivity index (χ3v) is 6.24. The SMILES string of the molecule is O=C(CC1Sc2ccccc2NC1=O)Nc1ccc2nc(-c3ccc(F)cc3)[nH]c2c1. The largest absolute Gasteiger partial charge is 0.338 e. The van der Waals surface area contributed by atoms with Gasteiger partial charge in [0, 0.05) is 22.6 Å². The van der Waals surface area contributed by atoms with Gasteiger partial charge in [0.1, 0.15) is 11.6 Å². The Morgan fingerprint density at radius 2 is 1.90 bits per heavy atom. The molecule has 0 aliphatic carbocycles. The number of rotatable bonds is 4. The number of H-pyrrole nitrogens is 1. The van der Waals surface area contributed by atoms with Crippen molar-refractivity contribution in [1.29, 1.82) is 0 Å². The minimum Gasteiger partial charge on any atom is -0.338 e. The maximum absolute atomic E-state index is 13.1. The molecule has 4 aromatic rings. The number of carbonyl (C=O) groups excluding carboxylic acids is 2. The van der Waals surface area contributed by atoms with Crippen molar-refractivity contribution in [3.63, 3.8) is 0 Å². The number of benzene rings is 3. The highest BCUT2D eigenvalue weighted by molar-refractivity contribution is 8.01. The van der Waals surface area contributed by atoms with E-state index in [-0.39, 0.29) is 24.1 Å². The number of imidazole rings is 1. The highest BCUT2D eigenvalue weighted by atomic mass is 32.2. The van der Waals surface area contributed by atoms with E-state index in [4.69, 9.17) is 0 Å². The number of thioether (sulfide) groups is 1. The molecule has 8 heteroatoms. The fourth-order valence-electron chi connectivity index (χ4n) is 3.44. The van der Waals surface area contributed by atoms with Crippen molar-refractivity contribution < 1.29 is 14.0 Å². The van der Waals surface area contributed by atoms with Crippen molar-refractivity contribution in [3.05, 3.63) is 72.5 Å². The summed E-state index contributed by atoms with van der Waals surface area (Å²) in [6.07, 6.45) is 0.0622. The van der Waals surface area contributed by atoms with Gasteiger partial charge in [0.2, 0.25) is 11.8 Å². The first kappa shape index (κ1) is 19.3. The van der Waals surface area contributed by atoms with Gasteiger partial charge < -0.3 is 15.6 Å². The van der Waals surface area contributed by atoms with Gasteiger partial charge in [-0.25, -0.2) is 9.37 Å². The van der Waals surface area contributed by atoms with Gasteiger partial charge in [0.25, 0.3) is 0 Å². The average molecular weight is 432 g/mol.